The van der Waals surface area contributed by atoms with Gasteiger partial charge in [-0.3, -0.25) is 0 Å². The lowest BCUT2D eigenvalue weighted by Crippen LogP contribution is -2.45. The van der Waals surface area contributed by atoms with Crippen molar-refractivity contribution in [1.82, 2.24) is 0 Å². The zero-order valence-corrected chi connectivity index (χ0v) is 8.99. The van der Waals surface area contributed by atoms with Crippen LogP contribution in [0.4, 0.5) is 13.2 Å². The number of alkyl halides is 3. The summed E-state index contributed by atoms with van der Waals surface area (Å²) in [4.78, 5) is 0. The predicted octanol–water partition coefficient (Wildman–Crippen LogP) is 3.37. The van der Waals surface area contributed by atoms with Gasteiger partial charge in [0, 0.05) is 0 Å². The van der Waals surface area contributed by atoms with Crippen LogP contribution >= 0.6 is 0 Å². The Hall–Kier alpha value is -0.250. The average Bonchev–Trinajstić information content (AvgIpc) is 2.03. The third-order valence-corrected chi connectivity index (χ3v) is 2.93. The van der Waals surface area contributed by atoms with Crippen LogP contribution in [0.25, 0.3) is 0 Å². The van der Waals surface area contributed by atoms with E-state index < -0.39 is 24.1 Å². The van der Waals surface area contributed by atoms with Crippen LogP contribution in [0.3, 0.4) is 0 Å². The van der Waals surface area contributed by atoms with Gasteiger partial charge >= 0.3 is 6.18 Å². The quantitative estimate of drug-likeness (QED) is 0.740. The van der Waals surface area contributed by atoms with Crippen molar-refractivity contribution in [3.8, 4) is 0 Å². The van der Waals surface area contributed by atoms with Crippen molar-refractivity contribution < 1.29 is 18.3 Å². The maximum atomic E-state index is 12.8. The van der Waals surface area contributed by atoms with E-state index in [2.05, 4.69) is 0 Å². The van der Waals surface area contributed by atoms with Gasteiger partial charge in [0.1, 0.15) is 0 Å². The molecule has 0 radical (unpaired) electrons. The molecular formula is C10H19F3O. The van der Waals surface area contributed by atoms with Gasteiger partial charge in [-0.05, 0) is 12.3 Å². The molecule has 4 heteroatoms. The maximum absolute atomic E-state index is 12.8. The van der Waals surface area contributed by atoms with Crippen molar-refractivity contribution in [2.45, 2.75) is 46.2 Å². The summed E-state index contributed by atoms with van der Waals surface area (Å²) < 4.78 is 38.4. The van der Waals surface area contributed by atoms with E-state index in [0.717, 1.165) is 0 Å². The van der Waals surface area contributed by atoms with Crippen LogP contribution in [-0.2, 0) is 0 Å². The first-order chi connectivity index (χ1) is 6.31. The highest BCUT2D eigenvalue weighted by atomic mass is 19.4. The van der Waals surface area contributed by atoms with E-state index in [4.69, 9.17) is 5.11 Å². The molecule has 0 aromatic heterocycles. The molecule has 0 heterocycles. The summed E-state index contributed by atoms with van der Waals surface area (Å²) in [6.07, 6.45) is -3.09. The fraction of sp³-hybridized carbons (Fsp3) is 1.00. The van der Waals surface area contributed by atoms with Crippen molar-refractivity contribution in [2.24, 2.45) is 11.3 Å². The molecule has 0 aromatic rings. The molecule has 1 unspecified atom stereocenters. The van der Waals surface area contributed by atoms with Crippen LogP contribution in [-0.4, -0.2) is 17.9 Å². The number of rotatable bonds is 5. The van der Waals surface area contributed by atoms with Crippen LogP contribution in [0.2, 0.25) is 0 Å². The minimum absolute atomic E-state index is 0.0150. The molecule has 0 amide bonds. The summed E-state index contributed by atoms with van der Waals surface area (Å²) in [6.45, 7) is 4.06. The molecule has 86 valence electrons. The van der Waals surface area contributed by atoms with Gasteiger partial charge in [-0.25, -0.2) is 0 Å². The first kappa shape index (κ1) is 13.8. The Bertz CT molecular complexity index is 165. The van der Waals surface area contributed by atoms with Gasteiger partial charge in [0.25, 0.3) is 0 Å². The minimum Gasteiger partial charge on any atom is -0.395 e. The second-order valence-corrected chi connectivity index (χ2v) is 4.07. The summed E-state index contributed by atoms with van der Waals surface area (Å²) in [5.74, 6) is -0.584. The first-order valence-corrected chi connectivity index (χ1v) is 4.99. The largest absolute Gasteiger partial charge is 0.396 e. The summed E-state index contributed by atoms with van der Waals surface area (Å²) in [5, 5.41) is 8.99. The van der Waals surface area contributed by atoms with Crippen LogP contribution in [0, 0.1) is 11.3 Å². The van der Waals surface area contributed by atoms with Gasteiger partial charge in [0.05, 0.1) is 12.0 Å². The molecule has 0 aliphatic heterocycles. The highest BCUT2D eigenvalue weighted by Gasteiger charge is 2.55. The van der Waals surface area contributed by atoms with Crippen molar-refractivity contribution >= 4 is 0 Å². The zero-order valence-electron chi connectivity index (χ0n) is 8.99. The fourth-order valence-corrected chi connectivity index (χ4v) is 1.60. The molecule has 0 saturated heterocycles. The highest BCUT2D eigenvalue weighted by molar-refractivity contribution is 4.88. The van der Waals surface area contributed by atoms with Crippen LogP contribution < -0.4 is 0 Å². The molecule has 0 aromatic carbocycles. The maximum Gasteiger partial charge on any atom is 0.396 e. The van der Waals surface area contributed by atoms with Crippen molar-refractivity contribution in [2.75, 3.05) is 6.61 Å². The lowest BCUT2D eigenvalue weighted by Gasteiger charge is -2.37. The Morgan fingerprint density at radius 2 is 1.71 bits per heavy atom. The Morgan fingerprint density at radius 1 is 1.21 bits per heavy atom. The molecular weight excluding hydrogens is 193 g/mol. The summed E-state index contributed by atoms with van der Waals surface area (Å²) in [5.41, 5.74) is -1.91. The normalized spacial score (nSPS) is 17.1. The van der Waals surface area contributed by atoms with Crippen molar-refractivity contribution in [1.29, 1.82) is 0 Å². The van der Waals surface area contributed by atoms with Crippen LogP contribution in [0.15, 0.2) is 0 Å². The number of halogens is 3. The number of aliphatic hydroxyl groups excluding tert-OH is 1. The average molecular weight is 212 g/mol. The lowest BCUT2D eigenvalue weighted by molar-refractivity contribution is -0.254. The van der Waals surface area contributed by atoms with E-state index in [1.54, 1.807) is 0 Å². The second kappa shape index (κ2) is 5.01. The molecule has 0 bridgehead atoms. The molecule has 1 atom stereocenters. The molecule has 1 nitrogen and oxygen atoms in total. The molecule has 0 rings (SSSR count). The summed E-state index contributed by atoms with van der Waals surface area (Å²) in [7, 11) is 0. The predicted molar refractivity (Wildman–Crippen MR) is 49.9 cm³/mol. The molecule has 1 N–H and O–H groups in total. The second-order valence-electron chi connectivity index (χ2n) is 4.07. The fourth-order valence-electron chi connectivity index (χ4n) is 1.60. The van der Waals surface area contributed by atoms with E-state index in [9.17, 15) is 13.2 Å². The third-order valence-electron chi connectivity index (χ3n) is 2.93. The number of hydrogen-bond acceptors (Lipinski definition) is 1. The van der Waals surface area contributed by atoms with Gasteiger partial charge in [0.2, 0.25) is 0 Å². The van der Waals surface area contributed by atoms with E-state index in [0.29, 0.717) is 12.8 Å². The molecule has 14 heavy (non-hydrogen) atoms. The number of unbranched alkanes of at least 4 members (excludes halogenated alkanes) is 1. The van der Waals surface area contributed by atoms with E-state index in [-0.39, 0.29) is 6.42 Å². The Labute approximate surface area is 83.3 Å². The molecule has 0 fully saturated rings. The zero-order chi connectivity index (χ0) is 11.4. The van der Waals surface area contributed by atoms with E-state index >= 15 is 0 Å². The Morgan fingerprint density at radius 3 is 1.93 bits per heavy atom. The van der Waals surface area contributed by atoms with Crippen molar-refractivity contribution in [3.63, 3.8) is 0 Å². The summed E-state index contributed by atoms with van der Waals surface area (Å²) in [6, 6.07) is 0. The SMILES string of the molecule is CCCCC(CO)(C(C)C)C(F)(F)F. The van der Waals surface area contributed by atoms with Gasteiger partial charge in [-0.15, -0.1) is 0 Å². The van der Waals surface area contributed by atoms with Gasteiger partial charge < -0.3 is 5.11 Å². The smallest absolute Gasteiger partial charge is 0.395 e. The lowest BCUT2D eigenvalue weighted by atomic mass is 9.73. The topological polar surface area (TPSA) is 20.2 Å². The molecule has 0 saturated carbocycles. The van der Waals surface area contributed by atoms with E-state index in [1.807, 2.05) is 6.92 Å². The Balaban J connectivity index is 4.80. The van der Waals surface area contributed by atoms with Gasteiger partial charge in [-0.2, -0.15) is 13.2 Å². The van der Waals surface area contributed by atoms with Gasteiger partial charge in [0.15, 0.2) is 0 Å². The van der Waals surface area contributed by atoms with E-state index in [1.165, 1.54) is 13.8 Å². The van der Waals surface area contributed by atoms with Crippen molar-refractivity contribution in [3.05, 3.63) is 0 Å². The Kier molecular flexibility index (Phi) is 4.92. The van der Waals surface area contributed by atoms with Crippen LogP contribution in [0.1, 0.15) is 40.0 Å². The standard InChI is InChI=1S/C10H19F3O/c1-4-5-6-9(7-14,8(2)3)10(11,12)13/h8,14H,4-7H2,1-3H3. The highest BCUT2D eigenvalue weighted by Crippen LogP contribution is 2.47. The summed E-state index contributed by atoms with van der Waals surface area (Å²) >= 11 is 0. The number of aliphatic hydroxyl groups is 1. The van der Waals surface area contributed by atoms with Crippen LogP contribution in [0.5, 0.6) is 0 Å². The van der Waals surface area contributed by atoms with Gasteiger partial charge in [-0.1, -0.05) is 33.6 Å². The monoisotopic (exact) mass is 212 g/mol. The third kappa shape index (κ3) is 2.62. The first-order valence-electron chi connectivity index (χ1n) is 4.99. The number of hydrogen-bond donors (Lipinski definition) is 1. The molecule has 0 aliphatic carbocycles. The molecule has 0 spiro atoms. The minimum atomic E-state index is -4.31. The molecule has 0 aliphatic rings.